The first-order valence-electron chi connectivity index (χ1n) is 10.2. The molecule has 2 aliphatic heterocycles. The largest absolute Gasteiger partial charge is 0.370 e. The number of hydrogen-bond acceptors (Lipinski definition) is 4. The summed E-state index contributed by atoms with van der Waals surface area (Å²) < 4.78 is 22.1. The zero-order valence-electron chi connectivity index (χ0n) is 16.1. The Balaban J connectivity index is 1.39. The van der Waals surface area contributed by atoms with Crippen LogP contribution in [0.3, 0.4) is 0 Å². The van der Waals surface area contributed by atoms with E-state index in [1.165, 1.54) is 6.07 Å². The molecule has 0 spiro atoms. The van der Waals surface area contributed by atoms with Crippen molar-refractivity contribution in [3.63, 3.8) is 0 Å². The van der Waals surface area contributed by atoms with Gasteiger partial charge in [-0.15, -0.1) is 0 Å². The van der Waals surface area contributed by atoms with Gasteiger partial charge in [-0.25, -0.2) is 14.4 Å². The number of rotatable bonds is 3. The number of ether oxygens (including phenoxy) is 1. The molecule has 0 bridgehead atoms. The van der Waals surface area contributed by atoms with Crippen molar-refractivity contribution in [3.05, 3.63) is 59.8 Å². The third kappa shape index (κ3) is 3.29. The predicted molar refractivity (Wildman–Crippen MR) is 106 cm³/mol. The smallest absolute Gasteiger partial charge is 0.256 e. The number of imidazole rings is 1. The Morgan fingerprint density at radius 1 is 1.10 bits per heavy atom. The van der Waals surface area contributed by atoms with Crippen LogP contribution >= 0.6 is 0 Å². The highest BCUT2D eigenvalue weighted by molar-refractivity contribution is 5.94. The predicted octanol–water partition coefficient (Wildman–Crippen LogP) is 3.90. The molecule has 1 unspecified atom stereocenters. The van der Waals surface area contributed by atoms with E-state index >= 15 is 0 Å². The minimum Gasteiger partial charge on any atom is -0.370 e. The molecule has 0 radical (unpaired) electrons. The maximum Gasteiger partial charge on any atom is 0.256 e. The molecule has 2 aromatic heterocycles. The first-order chi connectivity index (χ1) is 14.2. The number of halogens is 1. The Hall–Kier alpha value is -2.80. The molecular formula is C22H23FN4O2. The molecule has 2 aliphatic rings. The lowest BCUT2D eigenvalue weighted by molar-refractivity contribution is 0.0677. The number of piperidine rings is 1. The maximum atomic E-state index is 14.0. The Morgan fingerprint density at radius 2 is 1.93 bits per heavy atom. The summed E-state index contributed by atoms with van der Waals surface area (Å²) in [5.74, 6) is 0.231. The molecule has 29 heavy (non-hydrogen) atoms. The van der Waals surface area contributed by atoms with Crippen molar-refractivity contribution in [3.8, 4) is 0 Å². The van der Waals surface area contributed by atoms with E-state index in [1.807, 2.05) is 12.1 Å². The molecule has 2 fully saturated rings. The second-order valence-corrected chi connectivity index (χ2v) is 7.69. The molecule has 150 valence electrons. The minimum atomic E-state index is -0.468. The molecule has 1 amide bonds. The van der Waals surface area contributed by atoms with Gasteiger partial charge in [-0.2, -0.15) is 0 Å². The van der Waals surface area contributed by atoms with Gasteiger partial charge in [0.1, 0.15) is 23.3 Å². The Morgan fingerprint density at radius 3 is 2.69 bits per heavy atom. The highest BCUT2D eigenvalue weighted by atomic mass is 19.1. The molecule has 1 atom stereocenters. The number of fused-ring (bicyclic) bond motifs is 1. The molecule has 5 rings (SSSR count). The highest BCUT2D eigenvalue weighted by Crippen LogP contribution is 2.35. The van der Waals surface area contributed by atoms with Crippen LogP contribution in [0, 0.1) is 5.82 Å². The lowest BCUT2D eigenvalue weighted by Crippen LogP contribution is -2.39. The highest BCUT2D eigenvalue weighted by Gasteiger charge is 2.31. The third-order valence-corrected chi connectivity index (χ3v) is 5.91. The second-order valence-electron chi connectivity index (χ2n) is 7.69. The lowest BCUT2D eigenvalue weighted by Gasteiger charge is -2.34. The van der Waals surface area contributed by atoms with Crippen molar-refractivity contribution < 1.29 is 13.9 Å². The zero-order chi connectivity index (χ0) is 19.8. The quantitative estimate of drug-likeness (QED) is 0.676. The fraction of sp³-hybridized carbons (Fsp3) is 0.409. The van der Waals surface area contributed by atoms with E-state index in [2.05, 4.69) is 9.55 Å². The van der Waals surface area contributed by atoms with E-state index < -0.39 is 5.82 Å². The standard InChI is InChI=1S/C22H23FN4O2/c23-17-6-2-1-5-16(17)22(28)26-12-9-15(10-13-26)27-20-18(7-3-11-24-20)25-21(27)19-8-4-14-29-19/h1-3,5-7,11,15,19H,4,8-10,12-14H2. The molecule has 4 heterocycles. The van der Waals surface area contributed by atoms with Crippen LogP contribution in [0.4, 0.5) is 4.39 Å². The topological polar surface area (TPSA) is 60.2 Å². The van der Waals surface area contributed by atoms with Gasteiger partial charge in [0.25, 0.3) is 5.91 Å². The van der Waals surface area contributed by atoms with Gasteiger partial charge in [-0.1, -0.05) is 12.1 Å². The zero-order valence-corrected chi connectivity index (χ0v) is 16.1. The van der Waals surface area contributed by atoms with E-state index in [4.69, 9.17) is 9.72 Å². The first kappa shape index (κ1) is 18.2. The van der Waals surface area contributed by atoms with Gasteiger partial charge >= 0.3 is 0 Å². The first-order valence-corrected chi connectivity index (χ1v) is 10.2. The summed E-state index contributed by atoms with van der Waals surface area (Å²) >= 11 is 0. The fourth-order valence-electron chi connectivity index (χ4n) is 4.45. The van der Waals surface area contributed by atoms with Crippen molar-refractivity contribution in [2.75, 3.05) is 19.7 Å². The van der Waals surface area contributed by atoms with Crippen molar-refractivity contribution in [1.82, 2.24) is 19.4 Å². The summed E-state index contributed by atoms with van der Waals surface area (Å²) in [7, 11) is 0. The van der Waals surface area contributed by atoms with Crippen LogP contribution < -0.4 is 0 Å². The van der Waals surface area contributed by atoms with Gasteiger partial charge in [0.15, 0.2) is 5.65 Å². The lowest BCUT2D eigenvalue weighted by atomic mass is 10.0. The number of benzene rings is 1. The molecule has 0 N–H and O–H groups in total. The SMILES string of the molecule is O=C(c1ccccc1F)N1CCC(n2c(C3CCCO3)nc3cccnc32)CC1. The summed E-state index contributed by atoms with van der Waals surface area (Å²) in [5.41, 5.74) is 1.89. The molecule has 3 aromatic rings. The average Bonchev–Trinajstić information content (AvgIpc) is 3.41. The monoisotopic (exact) mass is 394 g/mol. The molecule has 2 saturated heterocycles. The van der Waals surface area contributed by atoms with E-state index in [-0.39, 0.29) is 23.6 Å². The minimum absolute atomic E-state index is 0.00211. The molecule has 7 heteroatoms. The van der Waals surface area contributed by atoms with Gasteiger partial charge in [0, 0.05) is 31.9 Å². The maximum absolute atomic E-state index is 14.0. The van der Waals surface area contributed by atoms with Crippen LogP contribution in [0.5, 0.6) is 0 Å². The van der Waals surface area contributed by atoms with Crippen LogP contribution in [-0.2, 0) is 4.74 Å². The Bertz CT molecular complexity index is 1040. The van der Waals surface area contributed by atoms with Gasteiger partial charge in [0.05, 0.1) is 5.56 Å². The fourth-order valence-corrected chi connectivity index (χ4v) is 4.45. The molecule has 0 aliphatic carbocycles. The van der Waals surface area contributed by atoms with Gasteiger partial charge in [-0.05, 0) is 49.9 Å². The summed E-state index contributed by atoms with van der Waals surface area (Å²) in [6.07, 6.45) is 5.35. The number of amides is 1. The van der Waals surface area contributed by atoms with Crippen LogP contribution in [0.25, 0.3) is 11.2 Å². The number of likely N-dealkylation sites (tertiary alicyclic amines) is 1. The number of aromatic nitrogens is 3. The van der Waals surface area contributed by atoms with Crippen molar-refractivity contribution in [2.45, 2.75) is 37.8 Å². The van der Waals surface area contributed by atoms with Crippen LogP contribution in [0.1, 0.15) is 54.0 Å². The number of nitrogens with zero attached hydrogens (tertiary/aromatic N) is 4. The van der Waals surface area contributed by atoms with Gasteiger partial charge < -0.3 is 14.2 Å². The van der Waals surface area contributed by atoms with E-state index in [0.29, 0.717) is 13.1 Å². The van der Waals surface area contributed by atoms with E-state index in [9.17, 15) is 9.18 Å². The second kappa shape index (κ2) is 7.55. The van der Waals surface area contributed by atoms with Gasteiger partial charge in [-0.3, -0.25) is 4.79 Å². The molecule has 0 saturated carbocycles. The summed E-state index contributed by atoms with van der Waals surface area (Å²) in [4.78, 5) is 23.9. The number of pyridine rings is 1. The molecule has 6 nitrogen and oxygen atoms in total. The van der Waals surface area contributed by atoms with Crippen molar-refractivity contribution >= 4 is 17.1 Å². The van der Waals surface area contributed by atoms with Crippen molar-refractivity contribution in [1.29, 1.82) is 0 Å². The van der Waals surface area contributed by atoms with Gasteiger partial charge in [0.2, 0.25) is 0 Å². The molecular weight excluding hydrogens is 371 g/mol. The third-order valence-electron chi connectivity index (χ3n) is 5.91. The van der Waals surface area contributed by atoms with Crippen LogP contribution in [0.2, 0.25) is 0 Å². The number of carbonyl (C=O) groups excluding carboxylic acids is 1. The summed E-state index contributed by atoms with van der Waals surface area (Å²) in [6, 6.07) is 10.2. The average molecular weight is 394 g/mol. The van der Waals surface area contributed by atoms with Crippen LogP contribution in [-0.4, -0.2) is 45.0 Å². The number of carbonyl (C=O) groups is 1. The summed E-state index contributed by atoms with van der Waals surface area (Å²) in [6.45, 7) is 1.92. The molecule has 1 aromatic carbocycles. The number of hydrogen-bond donors (Lipinski definition) is 0. The van der Waals surface area contributed by atoms with Crippen LogP contribution in [0.15, 0.2) is 42.6 Å². The normalized spacial score (nSPS) is 20.4. The van der Waals surface area contributed by atoms with E-state index in [0.717, 1.165) is 49.3 Å². The van der Waals surface area contributed by atoms with Crippen molar-refractivity contribution in [2.24, 2.45) is 0 Å². The summed E-state index contributed by atoms with van der Waals surface area (Å²) in [5, 5.41) is 0. The Kier molecular flexibility index (Phi) is 4.75. The Labute approximate surface area is 168 Å². The van der Waals surface area contributed by atoms with E-state index in [1.54, 1.807) is 29.3 Å².